The van der Waals surface area contributed by atoms with Crippen molar-refractivity contribution < 1.29 is 5.11 Å². The second kappa shape index (κ2) is 8.61. The molecule has 0 radical (unpaired) electrons. The normalized spacial score (nSPS) is 17.8. The van der Waals surface area contributed by atoms with E-state index >= 15 is 0 Å². The van der Waals surface area contributed by atoms with E-state index in [4.69, 9.17) is 12.2 Å². The third kappa shape index (κ3) is 3.64. The summed E-state index contributed by atoms with van der Waals surface area (Å²) in [5, 5.41) is 14.8. The number of aromatic nitrogens is 2. The van der Waals surface area contributed by atoms with Crippen LogP contribution < -0.4 is 10.2 Å². The average molecular weight is 469 g/mol. The number of nitrogens with zero attached hydrogens (tertiary/aromatic N) is 3. The number of hydrogen-bond acceptors (Lipinski definition) is 3. The highest BCUT2D eigenvalue weighted by Crippen LogP contribution is 2.45. The molecule has 1 aliphatic rings. The van der Waals surface area contributed by atoms with Gasteiger partial charge < -0.3 is 19.9 Å². The van der Waals surface area contributed by atoms with Crippen LogP contribution in [-0.2, 0) is 0 Å². The number of benzene rings is 2. The molecule has 5 nitrogen and oxygen atoms in total. The van der Waals surface area contributed by atoms with Crippen LogP contribution in [0.15, 0.2) is 72.9 Å². The van der Waals surface area contributed by atoms with Crippen molar-refractivity contribution in [2.75, 3.05) is 4.90 Å². The zero-order valence-corrected chi connectivity index (χ0v) is 20.6. The summed E-state index contributed by atoms with van der Waals surface area (Å²) in [5.41, 5.74) is 8.64. The standard InChI is InChI=1S/C28H28N4OS/c1-17-12-13-18(2)24(15-17)31-19(3)16-21(20(31)4)27-26(22-9-7-8-14-29-22)30-28(34)32(27)23-10-5-6-11-25(23)33/h5-16,26-27,33H,1-4H3,(H,30,34)/t26-,27+/m1/s1. The molecule has 34 heavy (non-hydrogen) atoms. The lowest BCUT2D eigenvalue weighted by atomic mass is 9.96. The molecule has 2 aromatic carbocycles. The monoisotopic (exact) mass is 468 g/mol. The van der Waals surface area contributed by atoms with Gasteiger partial charge in [-0.3, -0.25) is 4.98 Å². The highest BCUT2D eigenvalue weighted by molar-refractivity contribution is 7.80. The van der Waals surface area contributed by atoms with Gasteiger partial charge in [0.25, 0.3) is 0 Å². The first-order chi connectivity index (χ1) is 16.4. The van der Waals surface area contributed by atoms with Crippen molar-refractivity contribution in [2.45, 2.75) is 39.8 Å². The van der Waals surface area contributed by atoms with Crippen molar-refractivity contribution in [1.82, 2.24) is 14.9 Å². The largest absolute Gasteiger partial charge is 0.506 e. The second-order valence-electron chi connectivity index (χ2n) is 8.94. The molecule has 5 rings (SSSR count). The molecule has 3 heterocycles. The highest BCUT2D eigenvalue weighted by atomic mass is 32.1. The third-order valence-corrected chi connectivity index (χ3v) is 6.95. The fourth-order valence-electron chi connectivity index (χ4n) is 5.02. The minimum atomic E-state index is -0.180. The number of aromatic hydroxyl groups is 1. The summed E-state index contributed by atoms with van der Waals surface area (Å²) >= 11 is 5.82. The lowest BCUT2D eigenvalue weighted by molar-refractivity contribution is 0.472. The SMILES string of the molecule is Cc1ccc(C)c(-n2c(C)cc([C@H]3[C@@H](c4ccccn4)NC(=S)N3c3ccccc3O)c2C)c1. The Bertz CT molecular complexity index is 1380. The highest BCUT2D eigenvalue weighted by Gasteiger charge is 2.43. The van der Waals surface area contributed by atoms with Gasteiger partial charge in [-0.25, -0.2) is 0 Å². The molecular formula is C28H28N4OS. The van der Waals surface area contributed by atoms with Gasteiger partial charge in [0.2, 0.25) is 0 Å². The summed E-state index contributed by atoms with van der Waals surface area (Å²) < 4.78 is 2.32. The molecule has 0 unspecified atom stereocenters. The molecule has 0 bridgehead atoms. The van der Waals surface area contributed by atoms with Crippen molar-refractivity contribution in [3.8, 4) is 11.4 Å². The van der Waals surface area contributed by atoms with Crippen LogP contribution in [-0.4, -0.2) is 19.8 Å². The number of rotatable bonds is 4. The van der Waals surface area contributed by atoms with E-state index in [0.717, 1.165) is 22.6 Å². The summed E-state index contributed by atoms with van der Waals surface area (Å²) in [6.45, 7) is 8.56. The van der Waals surface area contributed by atoms with Gasteiger partial charge in [-0.05, 0) is 93.0 Å². The van der Waals surface area contributed by atoms with E-state index < -0.39 is 0 Å². The number of phenols is 1. The lowest BCUT2D eigenvalue weighted by Crippen LogP contribution is -2.29. The number of phenolic OH excluding ortho intramolecular Hbond substituents is 1. The maximum Gasteiger partial charge on any atom is 0.174 e. The van der Waals surface area contributed by atoms with E-state index in [9.17, 15) is 5.11 Å². The number of hydrogen-bond donors (Lipinski definition) is 2. The van der Waals surface area contributed by atoms with Crippen LogP contribution in [0, 0.1) is 27.7 Å². The van der Waals surface area contributed by atoms with Gasteiger partial charge in [0.1, 0.15) is 5.75 Å². The molecule has 0 aliphatic carbocycles. The number of aryl methyl sites for hydroxylation is 3. The summed E-state index contributed by atoms with van der Waals surface area (Å²) in [4.78, 5) is 6.67. The first-order valence-corrected chi connectivity index (χ1v) is 11.8. The number of anilines is 1. The van der Waals surface area contributed by atoms with Gasteiger partial charge >= 0.3 is 0 Å². The Balaban J connectivity index is 1.72. The van der Waals surface area contributed by atoms with Crippen LogP contribution in [0.3, 0.4) is 0 Å². The molecule has 2 atom stereocenters. The zero-order chi connectivity index (χ0) is 24.0. The predicted octanol–water partition coefficient (Wildman–Crippen LogP) is 5.99. The Morgan fingerprint density at radius 3 is 2.41 bits per heavy atom. The molecular weight excluding hydrogens is 440 g/mol. The Kier molecular flexibility index (Phi) is 5.62. The van der Waals surface area contributed by atoms with Crippen LogP contribution >= 0.6 is 12.2 Å². The quantitative estimate of drug-likeness (QED) is 0.361. The van der Waals surface area contributed by atoms with E-state index in [2.05, 4.69) is 66.8 Å². The van der Waals surface area contributed by atoms with Gasteiger partial charge in [-0.2, -0.15) is 0 Å². The first kappa shape index (κ1) is 22.2. The minimum Gasteiger partial charge on any atom is -0.506 e. The molecule has 4 aromatic rings. The van der Waals surface area contributed by atoms with E-state index in [1.807, 2.05) is 41.3 Å². The Morgan fingerprint density at radius 2 is 1.68 bits per heavy atom. The first-order valence-electron chi connectivity index (χ1n) is 11.4. The fraction of sp³-hybridized carbons (Fsp3) is 0.214. The van der Waals surface area contributed by atoms with Crippen molar-refractivity contribution in [2.24, 2.45) is 0 Å². The van der Waals surface area contributed by atoms with Crippen molar-refractivity contribution in [1.29, 1.82) is 0 Å². The second-order valence-corrected chi connectivity index (χ2v) is 9.32. The Labute approximate surface area is 205 Å². The van der Waals surface area contributed by atoms with Gasteiger partial charge in [-0.1, -0.05) is 30.3 Å². The topological polar surface area (TPSA) is 53.3 Å². The number of nitrogens with one attached hydrogen (secondary N) is 1. The van der Waals surface area contributed by atoms with Gasteiger partial charge in [0.05, 0.1) is 23.5 Å². The summed E-state index contributed by atoms with van der Waals surface area (Å²) in [6, 6.07) is 21.7. The van der Waals surface area contributed by atoms with Crippen molar-refractivity contribution in [3.05, 3.63) is 107 Å². The molecule has 172 valence electrons. The van der Waals surface area contributed by atoms with E-state index in [-0.39, 0.29) is 17.8 Å². The maximum atomic E-state index is 10.7. The predicted molar refractivity (Wildman–Crippen MR) is 141 cm³/mol. The smallest absolute Gasteiger partial charge is 0.174 e. The molecule has 6 heteroatoms. The molecule has 1 fully saturated rings. The fourth-order valence-corrected chi connectivity index (χ4v) is 5.36. The third-order valence-electron chi connectivity index (χ3n) is 6.63. The summed E-state index contributed by atoms with van der Waals surface area (Å²) in [6.07, 6.45) is 1.80. The lowest BCUT2D eigenvalue weighted by Gasteiger charge is -2.28. The van der Waals surface area contributed by atoms with Crippen LogP contribution in [0.5, 0.6) is 5.75 Å². The summed E-state index contributed by atoms with van der Waals surface area (Å²) in [7, 11) is 0. The minimum absolute atomic E-state index is 0.166. The van der Waals surface area contributed by atoms with Gasteiger partial charge in [0, 0.05) is 23.3 Å². The number of thiocarbonyl (C=S) groups is 1. The van der Waals surface area contributed by atoms with Crippen LogP contribution in [0.25, 0.3) is 5.69 Å². The van der Waals surface area contributed by atoms with Crippen molar-refractivity contribution >= 4 is 23.0 Å². The van der Waals surface area contributed by atoms with E-state index in [0.29, 0.717) is 10.8 Å². The number of pyridine rings is 1. The Hall–Kier alpha value is -3.64. The van der Waals surface area contributed by atoms with Crippen LogP contribution in [0.1, 0.15) is 45.9 Å². The average Bonchev–Trinajstić information content (AvgIpc) is 3.31. The molecule has 1 saturated heterocycles. The van der Waals surface area contributed by atoms with Crippen LogP contribution in [0.2, 0.25) is 0 Å². The van der Waals surface area contributed by atoms with E-state index in [1.165, 1.54) is 16.8 Å². The van der Waals surface area contributed by atoms with E-state index in [1.54, 1.807) is 12.3 Å². The molecule has 2 aromatic heterocycles. The van der Waals surface area contributed by atoms with Gasteiger partial charge in [-0.15, -0.1) is 0 Å². The van der Waals surface area contributed by atoms with Gasteiger partial charge in [0.15, 0.2) is 5.11 Å². The maximum absolute atomic E-state index is 10.7. The molecule has 1 aliphatic heterocycles. The van der Waals surface area contributed by atoms with Crippen molar-refractivity contribution in [3.63, 3.8) is 0 Å². The zero-order valence-electron chi connectivity index (χ0n) is 19.8. The molecule has 0 saturated carbocycles. The Morgan fingerprint density at radius 1 is 0.912 bits per heavy atom. The molecule has 2 N–H and O–H groups in total. The number of para-hydroxylation sites is 2. The summed E-state index contributed by atoms with van der Waals surface area (Å²) in [5.74, 6) is 0.196. The molecule has 0 spiro atoms. The van der Waals surface area contributed by atoms with Crippen LogP contribution in [0.4, 0.5) is 5.69 Å². The molecule has 0 amide bonds.